The minimum absolute atomic E-state index is 0.156. The zero-order valence-corrected chi connectivity index (χ0v) is 10.3. The largest absolute Gasteiger partial charge is 0.445 e. The van der Waals surface area contributed by atoms with E-state index in [1.165, 1.54) is 0 Å². The van der Waals surface area contributed by atoms with Gasteiger partial charge in [0.25, 0.3) is 0 Å². The van der Waals surface area contributed by atoms with E-state index in [9.17, 15) is 9.59 Å². The first-order chi connectivity index (χ1) is 7.90. The van der Waals surface area contributed by atoms with Crippen molar-refractivity contribution in [1.82, 2.24) is 5.32 Å². The number of carbonyl (C=O) groups is 2. The lowest BCUT2D eigenvalue weighted by Gasteiger charge is -2.19. The predicted octanol–water partition coefficient (Wildman–Crippen LogP) is 2.52. The second kappa shape index (κ2) is 5.48. The Balaban J connectivity index is 2.50. The third-order valence-electron chi connectivity index (χ3n) is 1.93. The number of hydrogen-bond acceptors (Lipinski definition) is 3. The molecule has 0 heterocycles. The van der Waals surface area contributed by atoms with Gasteiger partial charge < -0.3 is 10.1 Å². The standard InChI is InChI=1S/C13H17NO3/c1-13(2,3)14-12(16)17-9-11-6-4-5-10(7-11)8-15/h4-8H,9H2,1-3H3,(H,14,16). The zero-order chi connectivity index (χ0) is 12.9. The average Bonchev–Trinajstić information content (AvgIpc) is 2.24. The van der Waals surface area contributed by atoms with Crippen LogP contribution in [0.4, 0.5) is 4.79 Å². The molecule has 0 unspecified atom stereocenters. The predicted molar refractivity (Wildman–Crippen MR) is 64.9 cm³/mol. The zero-order valence-electron chi connectivity index (χ0n) is 10.3. The summed E-state index contributed by atoms with van der Waals surface area (Å²) in [5, 5.41) is 2.69. The third-order valence-corrected chi connectivity index (χ3v) is 1.93. The Morgan fingerprint density at radius 1 is 1.41 bits per heavy atom. The molecule has 1 N–H and O–H groups in total. The summed E-state index contributed by atoms with van der Waals surface area (Å²) in [5.41, 5.74) is 1.04. The van der Waals surface area contributed by atoms with Crippen LogP contribution in [0.1, 0.15) is 36.7 Å². The molecule has 1 aromatic carbocycles. The van der Waals surface area contributed by atoms with Crippen LogP contribution in [0.2, 0.25) is 0 Å². The SMILES string of the molecule is CC(C)(C)NC(=O)OCc1cccc(C=O)c1. The molecule has 0 fully saturated rings. The smallest absolute Gasteiger partial charge is 0.407 e. The maximum absolute atomic E-state index is 11.4. The van der Waals surface area contributed by atoms with Gasteiger partial charge in [0.15, 0.2) is 0 Å². The molecule has 92 valence electrons. The van der Waals surface area contributed by atoms with Gasteiger partial charge in [-0.15, -0.1) is 0 Å². The van der Waals surface area contributed by atoms with Crippen molar-refractivity contribution in [3.8, 4) is 0 Å². The maximum Gasteiger partial charge on any atom is 0.407 e. The van der Waals surface area contributed by atoms with E-state index >= 15 is 0 Å². The monoisotopic (exact) mass is 235 g/mol. The summed E-state index contributed by atoms with van der Waals surface area (Å²) in [5.74, 6) is 0. The molecule has 1 aromatic rings. The van der Waals surface area contributed by atoms with Gasteiger partial charge in [-0.2, -0.15) is 0 Å². The van der Waals surface area contributed by atoms with Crippen molar-refractivity contribution in [1.29, 1.82) is 0 Å². The Bertz CT molecular complexity index is 407. The molecular formula is C13H17NO3. The van der Waals surface area contributed by atoms with E-state index in [1.54, 1.807) is 24.3 Å². The highest BCUT2D eigenvalue weighted by molar-refractivity contribution is 5.75. The molecule has 0 aliphatic heterocycles. The van der Waals surface area contributed by atoms with Gasteiger partial charge in [0.2, 0.25) is 0 Å². The topological polar surface area (TPSA) is 55.4 Å². The van der Waals surface area contributed by atoms with Crippen LogP contribution in [0, 0.1) is 0 Å². The van der Waals surface area contributed by atoms with Gasteiger partial charge in [0.05, 0.1) is 0 Å². The minimum atomic E-state index is -0.464. The molecule has 4 heteroatoms. The van der Waals surface area contributed by atoms with Crippen LogP contribution in [0.15, 0.2) is 24.3 Å². The fourth-order valence-electron chi connectivity index (χ4n) is 1.25. The van der Waals surface area contributed by atoms with E-state index in [4.69, 9.17) is 4.74 Å². The van der Waals surface area contributed by atoms with Crippen molar-refractivity contribution in [2.24, 2.45) is 0 Å². The lowest BCUT2D eigenvalue weighted by molar-refractivity contribution is 0.112. The van der Waals surface area contributed by atoms with Gasteiger partial charge in [0, 0.05) is 11.1 Å². The van der Waals surface area contributed by atoms with E-state index < -0.39 is 6.09 Å². The van der Waals surface area contributed by atoms with Crippen LogP contribution < -0.4 is 5.32 Å². The third kappa shape index (κ3) is 5.15. The Labute approximate surface area is 101 Å². The van der Waals surface area contributed by atoms with Crippen LogP contribution >= 0.6 is 0 Å². The molecule has 17 heavy (non-hydrogen) atoms. The number of carbonyl (C=O) groups excluding carboxylic acids is 2. The highest BCUT2D eigenvalue weighted by Crippen LogP contribution is 2.06. The van der Waals surface area contributed by atoms with Gasteiger partial charge in [-0.3, -0.25) is 4.79 Å². The van der Waals surface area contributed by atoms with Gasteiger partial charge in [0.1, 0.15) is 12.9 Å². The lowest BCUT2D eigenvalue weighted by atomic mass is 10.1. The van der Waals surface area contributed by atoms with E-state index in [0.29, 0.717) is 5.56 Å². The summed E-state index contributed by atoms with van der Waals surface area (Å²) in [7, 11) is 0. The Hall–Kier alpha value is -1.84. The highest BCUT2D eigenvalue weighted by Gasteiger charge is 2.14. The summed E-state index contributed by atoms with van der Waals surface area (Å²) in [6.07, 6.45) is 0.299. The summed E-state index contributed by atoms with van der Waals surface area (Å²) in [4.78, 5) is 21.9. The Morgan fingerprint density at radius 3 is 2.71 bits per heavy atom. The number of nitrogens with one attached hydrogen (secondary N) is 1. The van der Waals surface area contributed by atoms with Gasteiger partial charge in [-0.05, 0) is 32.4 Å². The molecule has 0 aliphatic carbocycles. The molecule has 0 aromatic heterocycles. The number of hydrogen-bond donors (Lipinski definition) is 1. The molecule has 0 saturated heterocycles. The quantitative estimate of drug-likeness (QED) is 0.819. The number of ether oxygens (including phenoxy) is 1. The molecular weight excluding hydrogens is 218 g/mol. The highest BCUT2D eigenvalue weighted by atomic mass is 16.5. The van der Waals surface area contributed by atoms with E-state index in [-0.39, 0.29) is 12.1 Å². The number of aldehydes is 1. The Morgan fingerprint density at radius 2 is 2.12 bits per heavy atom. The molecule has 0 atom stereocenters. The van der Waals surface area contributed by atoms with Crippen LogP contribution in [-0.4, -0.2) is 17.9 Å². The molecule has 0 saturated carbocycles. The molecule has 4 nitrogen and oxygen atoms in total. The van der Waals surface area contributed by atoms with Gasteiger partial charge in [-0.1, -0.05) is 18.2 Å². The van der Waals surface area contributed by atoms with Crippen molar-refractivity contribution in [3.05, 3.63) is 35.4 Å². The molecule has 0 bridgehead atoms. The van der Waals surface area contributed by atoms with E-state index in [0.717, 1.165) is 11.8 Å². The summed E-state index contributed by atoms with van der Waals surface area (Å²) >= 11 is 0. The fourth-order valence-corrected chi connectivity index (χ4v) is 1.25. The number of benzene rings is 1. The van der Waals surface area contributed by atoms with Crippen molar-refractivity contribution < 1.29 is 14.3 Å². The van der Waals surface area contributed by atoms with Crippen molar-refractivity contribution in [3.63, 3.8) is 0 Å². The Kier molecular flexibility index (Phi) is 4.26. The minimum Gasteiger partial charge on any atom is -0.445 e. The average molecular weight is 235 g/mol. The maximum atomic E-state index is 11.4. The number of rotatable bonds is 3. The van der Waals surface area contributed by atoms with Crippen molar-refractivity contribution in [2.75, 3.05) is 0 Å². The summed E-state index contributed by atoms with van der Waals surface area (Å²) < 4.78 is 5.04. The lowest BCUT2D eigenvalue weighted by Crippen LogP contribution is -2.40. The summed E-state index contributed by atoms with van der Waals surface area (Å²) in [6.45, 7) is 5.79. The van der Waals surface area contributed by atoms with E-state index in [2.05, 4.69) is 5.32 Å². The molecule has 0 spiro atoms. The normalized spacial score (nSPS) is 10.8. The van der Waals surface area contributed by atoms with Crippen LogP contribution in [0.5, 0.6) is 0 Å². The number of alkyl carbamates (subject to hydrolysis) is 1. The second-order valence-electron chi connectivity index (χ2n) is 4.81. The van der Waals surface area contributed by atoms with Gasteiger partial charge in [-0.25, -0.2) is 4.79 Å². The van der Waals surface area contributed by atoms with Crippen LogP contribution in [0.3, 0.4) is 0 Å². The fraction of sp³-hybridized carbons (Fsp3) is 0.385. The number of amides is 1. The van der Waals surface area contributed by atoms with E-state index in [1.807, 2.05) is 20.8 Å². The summed E-state index contributed by atoms with van der Waals surface area (Å²) in [6, 6.07) is 6.95. The molecule has 0 aliphatic rings. The molecule has 1 amide bonds. The molecule has 0 radical (unpaired) electrons. The first-order valence-corrected chi connectivity index (χ1v) is 5.40. The van der Waals surface area contributed by atoms with Gasteiger partial charge >= 0.3 is 6.09 Å². The first-order valence-electron chi connectivity index (χ1n) is 5.40. The van der Waals surface area contributed by atoms with Crippen LogP contribution in [-0.2, 0) is 11.3 Å². The molecule has 1 rings (SSSR count). The van der Waals surface area contributed by atoms with Crippen LogP contribution in [0.25, 0.3) is 0 Å². The van der Waals surface area contributed by atoms with Crippen molar-refractivity contribution >= 4 is 12.4 Å². The first kappa shape index (κ1) is 13.2. The van der Waals surface area contributed by atoms with Crippen molar-refractivity contribution in [2.45, 2.75) is 32.9 Å². The second-order valence-corrected chi connectivity index (χ2v) is 4.81.